The first-order valence-electron chi connectivity index (χ1n) is 7.47. The van der Waals surface area contributed by atoms with Crippen LogP contribution in [0.5, 0.6) is 0 Å². The topological polar surface area (TPSA) is 12.0 Å². The van der Waals surface area contributed by atoms with Crippen LogP contribution < -0.4 is 5.32 Å². The summed E-state index contributed by atoms with van der Waals surface area (Å²) in [7, 11) is 0. The Morgan fingerprint density at radius 3 is 2.83 bits per heavy atom. The summed E-state index contributed by atoms with van der Waals surface area (Å²) in [6.45, 7) is 6.97. The lowest BCUT2D eigenvalue weighted by Gasteiger charge is -2.25. The van der Waals surface area contributed by atoms with E-state index in [0.29, 0.717) is 5.41 Å². The van der Waals surface area contributed by atoms with Crippen molar-refractivity contribution in [2.24, 2.45) is 17.3 Å². The summed E-state index contributed by atoms with van der Waals surface area (Å²) >= 11 is 0. The van der Waals surface area contributed by atoms with Gasteiger partial charge in [-0.25, -0.2) is 0 Å². The summed E-state index contributed by atoms with van der Waals surface area (Å²) in [5.74, 6) is 1.70. The van der Waals surface area contributed by atoms with Crippen LogP contribution in [0, 0.1) is 17.3 Å². The quantitative estimate of drug-likeness (QED) is 0.854. The molecule has 3 rings (SSSR count). The number of fused-ring (bicyclic) bond motifs is 1. The molecule has 2 unspecified atom stereocenters. The molecule has 2 aliphatic rings. The summed E-state index contributed by atoms with van der Waals surface area (Å²) in [5.41, 5.74) is 3.89. The Balaban J connectivity index is 1.57. The minimum atomic E-state index is 0.665. The van der Waals surface area contributed by atoms with Crippen LogP contribution in [0.25, 0.3) is 0 Å². The maximum absolute atomic E-state index is 3.64. The molecule has 1 nitrogen and oxygen atoms in total. The van der Waals surface area contributed by atoms with Gasteiger partial charge >= 0.3 is 0 Å². The van der Waals surface area contributed by atoms with Crippen LogP contribution in [-0.2, 0) is 12.8 Å². The Morgan fingerprint density at radius 2 is 2.06 bits per heavy atom. The zero-order valence-electron chi connectivity index (χ0n) is 11.7. The van der Waals surface area contributed by atoms with Gasteiger partial charge in [0.1, 0.15) is 0 Å². The van der Waals surface area contributed by atoms with Crippen molar-refractivity contribution in [2.75, 3.05) is 13.1 Å². The van der Waals surface area contributed by atoms with Gasteiger partial charge < -0.3 is 5.32 Å². The van der Waals surface area contributed by atoms with Gasteiger partial charge in [0.15, 0.2) is 0 Å². The van der Waals surface area contributed by atoms with E-state index in [2.05, 4.69) is 43.4 Å². The summed E-state index contributed by atoms with van der Waals surface area (Å²) in [4.78, 5) is 0. The van der Waals surface area contributed by atoms with Crippen LogP contribution >= 0.6 is 0 Å². The fourth-order valence-electron chi connectivity index (χ4n) is 3.61. The van der Waals surface area contributed by atoms with E-state index >= 15 is 0 Å². The third kappa shape index (κ3) is 2.33. The summed E-state index contributed by atoms with van der Waals surface area (Å²) in [6.07, 6.45) is 5.50. The van der Waals surface area contributed by atoms with E-state index in [9.17, 15) is 0 Å². The minimum Gasteiger partial charge on any atom is -0.316 e. The standard InChI is InChI=1S/C17H25N/c1-13(2)11-18-12-16-10-17(16)8-7-14-5-3-4-6-15(14)9-17/h3-6,13,16,18H,7-12H2,1-2H3. The second-order valence-corrected chi connectivity index (χ2v) is 6.76. The van der Waals surface area contributed by atoms with Gasteiger partial charge in [-0.2, -0.15) is 0 Å². The molecule has 2 aliphatic carbocycles. The second-order valence-electron chi connectivity index (χ2n) is 6.76. The average molecular weight is 243 g/mol. The normalized spacial score (nSPS) is 29.6. The number of nitrogens with one attached hydrogen (secondary N) is 1. The van der Waals surface area contributed by atoms with Crippen LogP contribution in [0.15, 0.2) is 24.3 Å². The molecule has 18 heavy (non-hydrogen) atoms. The van der Waals surface area contributed by atoms with Crippen molar-refractivity contribution in [1.82, 2.24) is 5.32 Å². The summed E-state index contributed by atoms with van der Waals surface area (Å²) in [6, 6.07) is 9.04. The molecule has 0 heterocycles. The van der Waals surface area contributed by atoms with E-state index in [0.717, 1.165) is 11.8 Å². The van der Waals surface area contributed by atoms with Crippen molar-refractivity contribution in [1.29, 1.82) is 0 Å². The van der Waals surface area contributed by atoms with Crippen molar-refractivity contribution in [3.63, 3.8) is 0 Å². The first-order valence-corrected chi connectivity index (χ1v) is 7.47. The van der Waals surface area contributed by atoms with E-state index < -0.39 is 0 Å². The molecule has 1 aromatic rings. The molecule has 1 saturated carbocycles. The van der Waals surface area contributed by atoms with E-state index in [1.54, 1.807) is 11.1 Å². The van der Waals surface area contributed by atoms with Crippen molar-refractivity contribution in [3.8, 4) is 0 Å². The van der Waals surface area contributed by atoms with Crippen molar-refractivity contribution in [2.45, 2.75) is 39.5 Å². The van der Waals surface area contributed by atoms with E-state index in [-0.39, 0.29) is 0 Å². The molecule has 0 amide bonds. The van der Waals surface area contributed by atoms with Crippen molar-refractivity contribution in [3.05, 3.63) is 35.4 Å². The third-order valence-corrected chi connectivity index (χ3v) is 4.86. The van der Waals surface area contributed by atoms with Gasteiger partial charge in [0.2, 0.25) is 0 Å². The molecular weight excluding hydrogens is 218 g/mol. The highest BCUT2D eigenvalue weighted by Crippen LogP contribution is 2.59. The van der Waals surface area contributed by atoms with Crippen LogP contribution in [0.2, 0.25) is 0 Å². The highest BCUT2D eigenvalue weighted by Gasteiger charge is 2.53. The molecule has 0 bridgehead atoms. The Bertz CT molecular complexity index is 423. The molecule has 0 aliphatic heterocycles. The van der Waals surface area contributed by atoms with Crippen molar-refractivity contribution < 1.29 is 0 Å². The number of rotatable bonds is 4. The maximum atomic E-state index is 3.64. The lowest BCUT2D eigenvalue weighted by molar-refractivity contribution is 0.380. The molecule has 1 heteroatoms. The maximum Gasteiger partial charge on any atom is -0.00148 e. The molecule has 0 radical (unpaired) electrons. The zero-order valence-corrected chi connectivity index (χ0v) is 11.7. The van der Waals surface area contributed by atoms with Gasteiger partial charge in [0.05, 0.1) is 0 Å². The Labute approximate surface area is 111 Å². The molecule has 0 aromatic heterocycles. The third-order valence-electron chi connectivity index (χ3n) is 4.86. The van der Waals surface area contributed by atoms with Gasteiger partial charge in [-0.05, 0) is 67.2 Å². The average Bonchev–Trinajstić information content (AvgIpc) is 3.01. The number of hydrogen-bond donors (Lipinski definition) is 1. The summed E-state index contributed by atoms with van der Waals surface area (Å²) < 4.78 is 0. The fraction of sp³-hybridized carbons (Fsp3) is 0.647. The largest absolute Gasteiger partial charge is 0.316 e. The van der Waals surface area contributed by atoms with Crippen molar-refractivity contribution >= 4 is 0 Å². The molecule has 1 N–H and O–H groups in total. The fourth-order valence-corrected chi connectivity index (χ4v) is 3.61. The number of aryl methyl sites for hydroxylation is 1. The minimum absolute atomic E-state index is 0.665. The number of benzene rings is 1. The van der Waals surface area contributed by atoms with Crippen LogP contribution in [0.3, 0.4) is 0 Å². The first-order chi connectivity index (χ1) is 8.70. The van der Waals surface area contributed by atoms with Gasteiger partial charge in [-0.3, -0.25) is 0 Å². The second kappa shape index (κ2) is 4.70. The molecule has 0 saturated heterocycles. The monoisotopic (exact) mass is 243 g/mol. The first kappa shape index (κ1) is 12.2. The van der Waals surface area contributed by atoms with E-state index in [4.69, 9.17) is 0 Å². The number of hydrogen-bond acceptors (Lipinski definition) is 1. The van der Waals surface area contributed by atoms with Gasteiger partial charge in [0, 0.05) is 0 Å². The molecule has 1 fully saturated rings. The van der Waals surface area contributed by atoms with E-state index in [1.807, 2.05) is 0 Å². The highest BCUT2D eigenvalue weighted by atomic mass is 14.9. The van der Waals surface area contributed by atoms with E-state index in [1.165, 1.54) is 38.8 Å². The lowest BCUT2D eigenvalue weighted by Crippen LogP contribution is -2.26. The smallest absolute Gasteiger partial charge is 0.00148 e. The van der Waals surface area contributed by atoms with Crippen LogP contribution in [0.1, 0.15) is 37.8 Å². The Kier molecular flexibility index (Phi) is 3.19. The Hall–Kier alpha value is -0.820. The highest BCUT2D eigenvalue weighted by molar-refractivity contribution is 5.33. The summed E-state index contributed by atoms with van der Waals surface area (Å²) in [5, 5.41) is 3.64. The van der Waals surface area contributed by atoms with Gasteiger partial charge in [-0.1, -0.05) is 38.1 Å². The molecule has 98 valence electrons. The van der Waals surface area contributed by atoms with Gasteiger partial charge in [-0.15, -0.1) is 0 Å². The molecular formula is C17H25N. The predicted octanol–water partition coefficient (Wildman–Crippen LogP) is 3.43. The molecule has 1 aromatic carbocycles. The van der Waals surface area contributed by atoms with Crippen LogP contribution in [0.4, 0.5) is 0 Å². The van der Waals surface area contributed by atoms with Crippen LogP contribution in [-0.4, -0.2) is 13.1 Å². The lowest BCUT2D eigenvalue weighted by atomic mass is 9.80. The molecule has 2 atom stereocenters. The SMILES string of the molecule is CC(C)CNCC1CC12CCc1ccccc1C2. The molecule has 1 spiro atoms. The van der Waals surface area contributed by atoms with Gasteiger partial charge in [0.25, 0.3) is 0 Å². The zero-order chi connectivity index (χ0) is 12.6. The Morgan fingerprint density at radius 1 is 1.28 bits per heavy atom. The predicted molar refractivity (Wildman–Crippen MR) is 76.7 cm³/mol.